The highest BCUT2D eigenvalue weighted by molar-refractivity contribution is 5.93. The van der Waals surface area contributed by atoms with E-state index in [0.29, 0.717) is 31.2 Å². The Bertz CT molecular complexity index is 570. The number of aliphatic hydroxyl groups is 1. The third kappa shape index (κ3) is 3.63. The van der Waals surface area contributed by atoms with Crippen LogP contribution in [0.3, 0.4) is 0 Å². The molecule has 0 spiro atoms. The number of carbonyl (C=O) groups excluding carboxylic acids is 1. The minimum atomic E-state index is -0.644. The fourth-order valence-corrected chi connectivity index (χ4v) is 4.02. The summed E-state index contributed by atoms with van der Waals surface area (Å²) in [5.74, 6) is 0.106. The molecule has 2 aliphatic rings. The molecule has 5 heteroatoms. The van der Waals surface area contributed by atoms with Crippen molar-refractivity contribution >= 4 is 5.91 Å². The molecule has 0 saturated carbocycles. The molecule has 3 rings (SSSR count). The molecule has 5 nitrogen and oxygen atoms in total. The SMILES string of the molecule is CNC(=O)c1ccc(CN2CCC[C@@H]2[C@H]2COCC[C@@]2(C)O)cc1. The van der Waals surface area contributed by atoms with Crippen LogP contribution in [0.1, 0.15) is 42.1 Å². The maximum atomic E-state index is 11.6. The van der Waals surface area contributed by atoms with E-state index in [1.165, 1.54) is 5.56 Å². The second-order valence-corrected chi connectivity index (χ2v) is 7.24. The Balaban J connectivity index is 1.68. The first kappa shape index (κ1) is 17.4. The van der Waals surface area contributed by atoms with Gasteiger partial charge >= 0.3 is 0 Å². The van der Waals surface area contributed by atoms with Crippen molar-refractivity contribution in [3.8, 4) is 0 Å². The van der Waals surface area contributed by atoms with Gasteiger partial charge in [0.1, 0.15) is 0 Å². The molecule has 2 aliphatic heterocycles. The first-order chi connectivity index (χ1) is 11.5. The van der Waals surface area contributed by atoms with E-state index in [-0.39, 0.29) is 11.8 Å². The van der Waals surface area contributed by atoms with Gasteiger partial charge in [0, 0.05) is 37.7 Å². The predicted molar refractivity (Wildman–Crippen MR) is 92.8 cm³/mol. The Hall–Kier alpha value is -1.43. The number of hydrogen-bond acceptors (Lipinski definition) is 4. The molecule has 0 radical (unpaired) electrons. The van der Waals surface area contributed by atoms with Gasteiger partial charge in [-0.05, 0) is 50.4 Å². The molecule has 0 aliphatic carbocycles. The predicted octanol–water partition coefficient (Wildman–Crippen LogP) is 1.80. The minimum Gasteiger partial charge on any atom is -0.390 e. The monoisotopic (exact) mass is 332 g/mol. The number of hydrogen-bond donors (Lipinski definition) is 2. The second kappa shape index (κ2) is 7.21. The number of rotatable bonds is 4. The van der Waals surface area contributed by atoms with E-state index >= 15 is 0 Å². The largest absolute Gasteiger partial charge is 0.390 e. The minimum absolute atomic E-state index is 0.0593. The fourth-order valence-electron chi connectivity index (χ4n) is 4.02. The summed E-state index contributed by atoms with van der Waals surface area (Å²) in [6.45, 7) is 5.15. The number of carbonyl (C=O) groups is 1. The topological polar surface area (TPSA) is 61.8 Å². The van der Waals surface area contributed by atoms with E-state index in [1.54, 1.807) is 7.05 Å². The zero-order valence-corrected chi connectivity index (χ0v) is 14.6. The Morgan fingerprint density at radius 3 is 2.83 bits per heavy atom. The highest BCUT2D eigenvalue weighted by Crippen LogP contribution is 2.36. The first-order valence-corrected chi connectivity index (χ1v) is 8.86. The van der Waals surface area contributed by atoms with Crippen LogP contribution in [-0.2, 0) is 11.3 Å². The van der Waals surface area contributed by atoms with E-state index in [4.69, 9.17) is 4.74 Å². The molecule has 2 saturated heterocycles. The quantitative estimate of drug-likeness (QED) is 0.883. The molecule has 1 aromatic rings. The Kier molecular flexibility index (Phi) is 5.23. The van der Waals surface area contributed by atoms with Crippen molar-refractivity contribution in [1.82, 2.24) is 10.2 Å². The normalized spacial score (nSPS) is 31.1. The number of nitrogens with zero attached hydrogens (tertiary/aromatic N) is 1. The summed E-state index contributed by atoms with van der Waals surface area (Å²) >= 11 is 0. The Labute approximate surface area is 144 Å². The van der Waals surface area contributed by atoms with E-state index in [1.807, 2.05) is 31.2 Å². The third-order valence-corrected chi connectivity index (χ3v) is 5.56. The van der Waals surface area contributed by atoms with Gasteiger partial charge in [-0.15, -0.1) is 0 Å². The van der Waals surface area contributed by atoms with Crippen molar-refractivity contribution in [2.24, 2.45) is 5.92 Å². The highest BCUT2D eigenvalue weighted by atomic mass is 16.5. The van der Waals surface area contributed by atoms with E-state index in [2.05, 4.69) is 10.2 Å². The average molecular weight is 332 g/mol. The Morgan fingerprint density at radius 1 is 1.42 bits per heavy atom. The van der Waals surface area contributed by atoms with Crippen molar-refractivity contribution in [3.05, 3.63) is 35.4 Å². The number of benzene rings is 1. The van der Waals surface area contributed by atoms with Gasteiger partial charge in [0.05, 0.1) is 12.2 Å². The molecular weight excluding hydrogens is 304 g/mol. The maximum absolute atomic E-state index is 11.6. The van der Waals surface area contributed by atoms with Gasteiger partial charge in [0.15, 0.2) is 0 Å². The zero-order chi connectivity index (χ0) is 17.2. The van der Waals surface area contributed by atoms with Crippen molar-refractivity contribution in [2.45, 2.75) is 44.4 Å². The van der Waals surface area contributed by atoms with Crippen LogP contribution in [0.5, 0.6) is 0 Å². The van der Waals surface area contributed by atoms with Gasteiger partial charge in [-0.1, -0.05) is 12.1 Å². The summed E-state index contributed by atoms with van der Waals surface area (Å²) < 4.78 is 5.65. The van der Waals surface area contributed by atoms with Crippen LogP contribution < -0.4 is 5.32 Å². The molecule has 2 fully saturated rings. The van der Waals surface area contributed by atoms with Gasteiger partial charge in [0.25, 0.3) is 5.91 Å². The lowest BCUT2D eigenvalue weighted by Gasteiger charge is -2.43. The zero-order valence-electron chi connectivity index (χ0n) is 14.6. The van der Waals surface area contributed by atoms with Crippen molar-refractivity contribution < 1.29 is 14.6 Å². The average Bonchev–Trinajstić information content (AvgIpc) is 3.02. The molecule has 2 heterocycles. The molecule has 0 unspecified atom stereocenters. The summed E-state index contributed by atoms with van der Waals surface area (Å²) in [6, 6.07) is 8.15. The molecule has 132 valence electrons. The third-order valence-electron chi connectivity index (χ3n) is 5.56. The van der Waals surface area contributed by atoms with Crippen molar-refractivity contribution in [3.63, 3.8) is 0 Å². The summed E-state index contributed by atoms with van der Waals surface area (Å²) in [7, 11) is 1.64. The smallest absolute Gasteiger partial charge is 0.251 e. The summed E-state index contributed by atoms with van der Waals surface area (Å²) in [5.41, 5.74) is 1.24. The number of amides is 1. The van der Waals surface area contributed by atoms with Crippen LogP contribution in [0, 0.1) is 5.92 Å². The second-order valence-electron chi connectivity index (χ2n) is 7.24. The standard InChI is InChI=1S/C19H28N2O3/c1-19(23)9-11-24-13-16(19)17-4-3-10-21(17)12-14-5-7-15(8-6-14)18(22)20-2/h5-8,16-17,23H,3-4,9-13H2,1-2H3,(H,20,22)/t16-,17-,19-/m1/s1. The van der Waals surface area contributed by atoms with Gasteiger partial charge < -0.3 is 15.2 Å². The van der Waals surface area contributed by atoms with Gasteiger partial charge in [-0.25, -0.2) is 0 Å². The lowest BCUT2D eigenvalue weighted by molar-refractivity contribution is -0.123. The number of nitrogens with one attached hydrogen (secondary N) is 1. The van der Waals surface area contributed by atoms with Crippen LogP contribution in [0.25, 0.3) is 0 Å². The van der Waals surface area contributed by atoms with Gasteiger partial charge in [-0.3, -0.25) is 9.69 Å². The molecular formula is C19H28N2O3. The van der Waals surface area contributed by atoms with E-state index < -0.39 is 5.60 Å². The highest BCUT2D eigenvalue weighted by Gasteiger charge is 2.43. The fraction of sp³-hybridized carbons (Fsp3) is 0.632. The molecule has 0 aromatic heterocycles. The van der Waals surface area contributed by atoms with Crippen molar-refractivity contribution in [2.75, 3.05) is 26.8 Å². The molecule has 1 aromatic carbocycles. The first-order valence-electron chi connectivity index (χ1n) is 8.86. The molecule has 3 atom stereocenters. The van der Waals surface area contributed by atoms with Crippen LogP contribution >= 0.6 is 0 Å². The summed E-state index contributed by atoms with van der Waals surface area (Å²) in [4.78, 5) is 14.1. The van der Waals surface area contributed by atoms with Crippen LogP contribution in [-0.4, -0.2) is 54.4 Å². The Morgan fingerprint density at radius 2 is 2.17 bits per heavy atom. The van der Waals surface area contributed by atoms with Crippen LogP contribution in [0.2, 0.25) is 0 Å². The lowest BCUT2D eigenvalue weighted by atomic mass is 9.79. The van der Waals surface area contributed by atoms with Crippen molar-refractivity contribution in [1.29, 1.82) is 0 Å². The molecule has 2 N–H and O–H groups in total. The van der Waals surface area contributed by atoms with Crippen LogP contribution in [0.4, 0.5) is 0 Å². The van der Waals surface area contributed by atoms with Gasteiger partial charge in [0.2, 0.25) is 0 Å². The summed E-state index contributed by atoms with van der Waals surface area (Å²) in [6.07, 6.45) is 2.98. The molecule has 1 amide bonds. The van der Waals surface area contributed by atoms with E-state index in [0.717, 1.165) is 25.9 Å². The van der Waals surface area contributed by atoms with E-state index in [9.17, 15) is 9.90 Å². The maximum Gasteiger partial charge on any atom is 0.251 e. The lowest BCUT2D eigenvalue weighted by Crippen LogP contribution is -2.52. The number of ether oxygens (including phenoxy) is 1. The molecule has 0 bridgehead atoms. The van der Waals surface area contributed by atoms with Gasteiger partial charge in [-0.2, -0.15) is 0 Å². The summed E-state index contributed by atoms with van der Waals surface area (Å²) in [5, 5.41) is 13.4. The number of likely N-dealkylation sites (tertiary alicyclic amines) is 1. The van der Waals surface area contributed by atoms with Crippen LogP contribution in [0.15, 0.2) is 24.3 Å². The molecule has 24 heavy (non-hydrogen) atoms.